The molecule has 0 spiro atoms. The Bertz CT molecular complexity index is 557. The summed E-state index contributed by atoms with van der Waals surface area (Å²) in [6, 6.07) is 0. The first-order chi connectivity index (χ1) is 12.1. The lowest BCUT2D eigenvalue weighted by atomic mass is 9.61. The van der Waals surface area contributed by atoms with E-state index in [1.54, 1.807) is 0 Å². The molecule has 148 valence electrons. The van der Waals surface area contributed by atoms with E-state index in [0.29, 0.717) is 0 Å². The Morgan fingerprint density at radius 3 is 2.54 bits per heavy atom. The molecule has 1 aliphatic heterocycles. The summed E-state index contributed by atoms with van der Waals surface area (Å²) in [5.74, 6) is -0.586. The first-order valence-electron chi connectivity index (χ1n) is 10.4. The average Bonchev–Trinajstić information content (AvgIpc) is 2.85. The zero-order valence-corrected chi connectivity index (χ0v) is 18.0. The SMILES string of the molecule is C=CCC(C)(C)[C@@]1(CCCC)OC(C)(C)O[C@@H]1C1=CCCC[C@]1(C)C=C. The van der Waals surface area contributed by atoms with Crippen LogP contribution in [0.5, 0.6) is 0 Å². The summed E-state index contributed by atoms with van der Waals surface area (Å²) in [7, 11) is 0. The van der Waals surface area contributed by atoms with E-state index in [2.05, 4.69) is 66.9 Å². The first kappa shape index (κ1) is 21.4. The van der Waals surface area contributed by atoms with Crippen LogP contribution >= 0.6 is 0 Å². The molecule has 0 bridgehead atoms. The lowest BCUT2D eigenvalue weighted by molar-refractivity contribution is -0.188. The minimum absolute atomic E-state index is 0.0194. The molecule has 0 radical (unpaired) electrons. The predicted molar refractivity (Wildman–Crippen MR) is 111 cm³/mol. The standard InChI is InChI=1S/C24H40O2/c1-9-12-18-24(21(4,5)16-10-2)20(25-22(6,7)26-24)19-15-13-14-17-23(19,8)11-3/h10-11,15,20H,2-3,9,12-14,16-18H2,1,4-8H3/t20-,23+,24+/m1/s1. The quantitative estimate of drug-likeness (QED) is 0.435. The second kappa shape index (κ2) is 7.64. The average molecular weight is 361 g/mol. The molecule has 0 unspecified atom stereocenters. The van der Waals surface area contributed by atoms with E-state index in [4.69, 9.17) is 9.47 Å². The van der Waals surface area contributed by atoms with Crippen LogP contribution in [0.3, 0.4) is 0 Å². The number of unbranched alkanes of at least 4 members (excludes halogenated alkanes) is 1. The van der Waals surface area contributed by atoms with Gasteiger partial charge in [-0.15, -0.1) is 13.2 Å². The lowest BCUT2D eigenvalue weighted by Gasteiger charge is -2.49. The highest BCUT2D eigenvalue weighted by molar-refractivity contribution is 5.32. The Morgan fingerprint density at radius 2 is 1.96 bits per heavy atom. The maximum Gasteiger partial charge on any atom is 0.164 e. The molecule has 1 aliphatic carbocycles. The summed E-state index contributed by atoms with van der Waals surface area (Å²) < 4.78 is 13.5. The highest BCUT2D eigenvalue weighted by Crippen LogP contribution is 2.57. The van der Waals surface area contributed by atoms with Gasteiger partial charge in [0.15, 0.2) is 5.79 Å². The third-order valence-electron chi connectivity index (χ3n) is 6.61. The highest BCUT2D eigenvalue weighted by Gasteiger charge is 2.62. The molecular formula is C24H40O2. The van der Waals surface area contributed by atoms with Crippen LogP contribution in [0.4, 0.5) is 0 Å². The fourth-order valence-corrected chi connectivity index (χ4v) is 4.93. The van der Waals surface area contributed by atoms with Crippen LogP contribution in [0.2, 0.25) is 0 Å². The van der Waals surface area contributed by atoms with E-state index < -0.39 is 5.79 Å². The van der Waals surface area contributed by atoms with Gasteiger partial charge in [-0.3, -0.25) is 0 Å². The second-order valence-electron chi connectivity index (χ2n) is 9.54. The molecule has 0 saturated carbocycles. The molecule has 0 aromatic heterocycles. The molecule has 0 aromatic rings. The third-order valence-corrected chi connectivity index (χ3v) is 6.61. The zero-order valence-electron chi connectivity index (χ0n) is 18.0. The zero-order chi connectivity index (χ0) is 19.6. The van der Waals surface area contributed by atoms with Crippen molar-refractivity contribution in [3.8, 4) is 0 Å². The van der Waals surface area contributed by atoms with Gasteiger partial charge in [0.2, 0.25) is 0 Å². The van der Waals surface area contributed by atoms with Gasteiger partial charge in [-0.05, 0) is 51.5 Å². The molecule has 0 amide bonds. The molecule has 2 aliphatic rings. The van der Waals surface area contributed by atoms with Crippen molar-refractivity contribution in [2.75, 3.05) is 0 Å². The Morgan fingerprint density at radius 1 is 1.27 bits per heavy atom. The fourth-order valence-electron chi connectivity index (χ4n) is 4.93. The van der Waals surface area contributed by atoms with Crippen molar-refractivity contribution in [1.82, 2.24) is 0 Å². The first-order valence-corrected chi connectivity index (χ1v) is 10.4. The number of allylic oxidation sites excluding steroid dienone is 3. The van der Waals surface area contributed by atoms with Crippen LogP contribution in [-0.4, -0.2) is 17.5 Å². The van der Waals surface area contributed by atoms with Crippen LogP contribution < -0.4 is 0 Å². The highest BCUT2D eigenvalue weighted by atomic mass is 16.8. The minimum atomic E-state index is -0.586. The van der Waals surface area contributed by atoms with Crippen LogP contribution in [-0.2, 0) is 9.47 Å². The van der Waals surface area contributed by atoms with E-state index in [-0.39, 0.29) is 22.5 Å². The van der Waals surface area contributed by atoms with Crippen LogP contribution in [0, 0.1) is 10.8 Å². The van der Waals surface area contributed by atoms with Gasteiger partial charge in [0, 0.05) is 10.8 Å². The van der Waals surface area contributed by atoms with Crippen molar-refractivity contribution in [1.29, 1.82) is 0 Å². The smallest absolute Gasteiger partial charge is 0.164 e. The largest absolute Gasteiger partial charge is 0.340 e. The molecule has 2 heteroatoms. The topological polar surface area (TPSA) is 18.5 Å². The Balaban J connectivity index is 2.60. The molecule has 2 rings (SSSR count). The van der Waals surface area contributed by atoms with Crippen LogP contribution in [0.1, 0.15) is 86.5 Å². The number of hydrogen-bond donors (Lipinski definition) is 0. The van der Waals surface area contributed by atoms with Gasteiger partial charge >= 0.3 is 0 Å². The van der Waals surface area contributed by atoms with Gasteiger partial charge in [0.05, 0.1) is 0 Å². The summed E-state index contributed by atoms with van der Waals surface area (Å²) in [6.07, 6.45) is 14.2. The minimum Gasteiger partial charge on any atom is -0.340 e. The Hall–Kier alpha value is -0.860. The summed E-state index contributed by atoms with van der Waals surface area (Å²) in [6.45, 7) is 21.5. The Labute approximate surface area is 161 Å². The van der Waals surface area contributed by atoms with Crippen molar-refractivity contribution < 1.29 is 9.47 Å². The molecule has 1 fully saturated rings. The summed E-state index contributed by atoms with van der Waals surface area (Å²) in [4.78, 5) is 0. The van der Waals surface area contributed by atoms with Crippen molar-refractivity contribution in [3.05, 3.63) is 37.0 Å². The second-order valence-corrected chi connectivity index (χ2v) is 9.54. The maximum atomic E-state index is 6.81. The van der Waals surface area contributed by atoms with Crippen LogP contribution in [0.25, 0.3) is 0 Å². The van der Waals surface area contributed by atoms with E-state index in [1.807, 2.05) is 6.08 Å². The van der Waals surface area contributed by atoms with Gasteiger partial charge in [0.25, 0.3) is 0 Å². The molecule has 2 nitrogen and oxygen atoms in total. The van der Waals surface area contributed by atoms with E-state index in [1.165, 1.54) is 12.0 Å². The fraction of sp³-hybridized carbons (Fsp3) is 0.750. The van der Waals surface area contributed by atoms with Gasteiger partial charge in [0.1, 0.15) is 11.7 Å². The predicted octanol–water partition coefficient (Wildman–Crippen LogP) is 6.97. The summed E-state index contributed by atoms with van der Waals surface area (Å²) >= 11 is 0. The molecule has 0 N–H and O–H groups in total. The van der Waals surface area contributed by atoms with E-state index in [9.17, 15) is 0 Å². The normalized spacial score (nSPS) is 34.4. The molecule has 26 heavy (non-hydrogen) atoms. The van der Waals surface area contributed by atoms with Gasteiger partial charge in [-0.25, -0.2) is 0 Å². The van der Waals surface area contributed by atoms with E-state index >= 15 is 0 Å². The van der Waals surface area contributed by atoms with Crippen molar-refractivity contribution in [3.63, 3.8) is 0 Å². The van der Waals surface area contributed by atoms with Crippen molar-refractivity contribution >= 4 is 0 Å². The van der Waals surface area contributed by atoms with Crippen molar-refractivity contribution in [2.45, 2.75) is 104 Å². The molecule has 1 saturated heterocycles. The molecule has 3 atom stereocenters. The molecule has 1 heterocycles. The van der Waals surface area contributed by atoms with Crippen LogP contribution in [0.15, 0.2) is 37.0 Å². The number of rotatable bonds is 8. The number of ether oxygens (including phenoxy) is 2. The van der Waals surface area contributed by atoms with Gasteiger partial charge in [-0.1, -0.05) is 58.8 Å². The van der Waals surface area contributed by atoms with Crippen molar-refractivity contribution in [2.24, 2.45) is 10.8 Å². The summed E-state index contributed by atoms with van der Waals surface area (Å²) in [5.41, 5.74) is 0.934. The van der Waals surface area contributed by atoms with Gasteiger partial charge in [-0.2, -0.15) is 0 Å². The lowest BCUT2D eigenvalue weighted by Crippen LogP contribution is -2.54. The monoisotopic (exact) mass is 360 g/mol. The maximum absolute atomic E-state index is 6.81. The van der Waals surface area contributed by atoms with Gasteiger partial charge < -0.3 is 9.47 Å². The third kappa shape index (κ3) is 3.73. The number of hydrogen-bond acceptors (Lipinski definition) is 2. The Kier molecular flexibility index (Phi) is 6.30. The molecule has 0 aromatic carbocycles. The summed E-state index contributed by atoms with van der Waals surface area (Å²) in [5, 5.41) is 0. The molecular weight excluding hydrogens is 320 g/mol. The van der Waals surface area contributed by atoms with E-state index in [0.717, 1.165) is 38.5 Å².